The third-order valence-electron chi connectivity index (χ3n) is 3.85. The molecule has 3 N–H and O–H groups in total. The second-order valence-electron chi connectivity index (χ2n) is 7.36. The van der Waals surface area contributed by atoms with Gasteiger partial charge in [-0.25, -0.2) is 12.8 Å². The highest BCUT2D eigenvalue weighted by Crippen LogP contribution is 2.35. The van der Waals surface area contributed by atoms with Gasteiger partial charge < -0.3 is 10.2 Å². The molecule has 0 atom stereocenters. The van der Waals surface area contributed by atoms with Crippen LogP contribution in [0.3, 0.4) is 0 Å². The fourth-order valence-electron chi connectivity index (χ4n) is 1.33. The second kappa shape index (κ2) is 4.98. The molecule has 0 radical (unpaired) electrons. The van der Waals surface area contributed by atoms with Crippen molar-refractivity contribution in [2.75, 3.05) is 0 Å². The molecule has 1 rings (SSSR count). The summed E-state index contributed by atoms with van der Waals surface area (Å²) < 4.78 is 32.9. The molecule has 0 spiro atoms. The van der Waals surface area contributed by atoms with Gasteiger partial charge in [-0.1, -0.05) is 33.9 Å². The minimum atomic E-state index is -3.65. The smallest absolute Gasteiger partial charge is 0.268 e. The average Bonchev–Trinajstić information content (AvgIpc) is 2.61. The van der Waals surface area contributed by atoms with Crippen molar-refractivity contribution >= 4 is 18.3 Å². The number of rotatable bonds is 4. The molecule has 1 aromatic rings. The standard InChI is InChI=1S/C13H26N2O3SSi/c1-12(2,3)20(6,7)15-19(16,17)11-8-10(9-18-11)13(4,5)14/h8-9,15H,14H2,1-7H3. The summed E-state index contributed by atoms with van der Waals surface area (Å²) in [4.78, 5) is 0. The van der Waals surface area contributed by atoms with Crippen molar-refractivity contribution in [2.24, 2.45) is 5.73 Å². The first-order valence-corrected chi connectivity index (χ1v) is 11.1. The molecule has 0 aliphatic rings. The van der Waals surface area contributed by atoms with Crippen LogP contribution in [0.5, 0.6) is 0 Å². The second-order valence-corrected chi connectivity index (χ2v) is 14.3. The summed E-state index contributed by atoms with van der Waals surface area (Å²) in [6, 6.07) is 1.50. The highest BCUT2D eigenvalue weighted by atomic mass is 32.2. The third kappa shape index (κ3) is 3.72. The van der Waals surface area contributed by atoms with Crippen LogP contribution in [0.25, 0.3) is 0 Å². The maximum atomic E-state index is 12.4. The molecule has 0 aliphatic carbocycles. The lowest BCUT2D eigenvalue weighted by atomic mass is 9.99. The first kappa shape index (κ1) is 17.4. The van der Waals surface area contributed by atoms with Crippen molar-refractivity contribution in [1.29, 1.82) is 0 Å². The van der Waals surface area contributed by atoms with E-state index in [-0.39, 0.29) is 10.1 Å². The molecule has 0 unspecified atom stereocenters. The summed E-state index contributed by atoms with van der Waals surface area (Å²) in [5.41, 5.74) is 5.97. The molecule has 0 amide bonds. The molecule has 0 saturated heterocycles. The largest absolute Gasteiger partial charge is 0.451 e. The molecule has 0 aromatic carbocycles. The van der Waals surface area contributed by atoms with E-state index in [2.05, 4.69) is 4.39 Å². The summed E-state index contributed by atoms with van der Waals surface area (Å²) in [5.74, 6) is 0. The molecule has 7 heteroatoms. The maximum Gasteiger partial charge on any atom is 0.268 e. The van der Waals surface area contributed by atoms with E-state index in [1.165, 1.54) is 12.3 Å². The molecular weight excluding hydrogens is 292 g/mol. The summed E-state index contributed by atoms with van der Waals surface area (Å²) in [6.45, 7) is 13.7. The Morgan fingerprint density at radius 2 is 1.70 bits per heavy atom. The number of hydrogen-bond acceptors (Lipinski definition) is 4. The van der Waals surface area contributed by atoms with Crippen molar-refractivity contribution in [1.82, 2.24) is 4.39 Å². The molecule has 0 saturated carbocycles. The molecule has 0 fully saturated rings. The lowest BCUT2D eigenvalue weighted by Crippen LogP contribution is -2.54. The van der Waals surface area contributed by atoms with Crippen LogP contribution in [-0.2, 0) is 15.6 Å². The van der Waals surface area contributed by atoms with Crippen molar-refractivity contribution in [3.8, 4) is 0 Å². The average molecular weight is 319 g/mol. The van der Waals surface area contributed by atoms with Crippen LogP contribution in [0.4, 0.5) is 0 Å². The highest BCUT2D eigenvalue weighted by Gasteiger charge is 2.40. The van der Waals surface area contributed by atoms with E-state index in [0.29, 0.717) is 5.56 Å². The zero-order chi connectivity index (χ0) is 16.0. The third-order valence-corrected chi connectivity index (χ3v) is 11.5. The highest BCUT2D eigenvalue weighted by molar-refractivity contribution is 7.90. The monoisotopic (exact) mass is 318 g/mol. The Balaban J connectivity index is 3.10. The lowest BCUT2D eigenvalue weighted by molar-refractivity contribution is 0.442. The fraction of sp³-hybridized carbons (Fsp3) is 0.692. The van der Waals surface area contributed by atoms with Crippen LogP contribution in [0.1, 0.15) is 40.2 Å². The van der Waals surface area contributed by atoms with Crippen molar-refractivity contribution in [2.45, 2.75) is 63.4 Å². The van der Waals surface area contributed by atoms with Gasteiger partial charge in [0.25, 0.3) is 10.0 Å². The number of furan rings is 1. The Kier molecular flexibility index (Phi) is 4.33. The molecule has 0 bridgehead atoms. The minimum absolute atomic E-state index is 0.0733. The van der Waals surface area contributed by atoms with Gasteiger partial charge in [0, 0.05) is 17.2 Å². The normalized spacial score (nSPS) is 14.6. The lowest BCUT2D eigenvalue weighted by Gasteiger charge is -2.36. The topological polar surface area (TPSA) is 85.3 Å². The summed E-state index contributed by atoms with van der Waals surface area (Å²) in [6.07, 6.45) is 1.40. The van der Waals surface area contributed by atoms with Crippen molar-refractivity contribution in [3.05, 3.63) is 17.9 Å². The van der Waals surface area contributed by atoms with Gasteiger partial charge in [-0.15, -0.1) is 0 Å². The summed E-state index contributed by atoms with van der Waals surface area (Å²) >= 11 is 0. The van der Waals surface area contributed by atoms with E-state index >= 15 is 0 Å². The number of sulfonamides is 1. The van der Waals surface area contributed by atoms with Crippen molar-refractivity contribution < 1.29 is 12.8 Å². The van der Waals surface area contributed by atoms with Gasteiger partial charge >= 0.3 is 0 Å². The number of hydrogen-bond donors (Lipinski definition) is 2. The summed E-state index contributed by atoms with van der Waals surface area (Å²) in [7, 11) is -5.84. The molecule has 20 heavy (non-hydrogen) atoms. The van der Waals surface area contributed by atoms with Gasteiger partial charge in [0.15, 0.2) is 0 Å². The van der Waals surface area contributed by atoms with E-state index in [0.717, 1.165) is 0 Å². The van der Waals surface area contributed by atoms with E-state index in [4.69, 9.17) is 10.2 Å². The van der Waals surface area contributed by atoms with Crippen LogP contribution >= 0.6 is 0 Å². The Bertz CT molecular complexity index is 577. The predicted molar refractivity (Wildman–Crippen MR) is 83.4 cm³/mol. The Morgan fingerprint density at radius 3 is 2.05 bits per heavy atom. The SMILES string of the molecule is CC(C)(N)c1coc(S(=O)(=O)N[Si](C)(C)C(C)(C)C)c1. The maximum absolute atomic E-state index is 12.4. The van der Waals surface area contributed by atoms with Gasteiger partial charge in [-0.3, -0.25) is 0 Å². The predicted octanol–water partition coefficient (Wildman–Crippen LogP) is 2.76. The minimum Gasteiger partial charge on any atom is -0.451 e. The Labute approximate surface area is 123 Å². The first-order valence-electron chi connectivity index (χ1n) is 6.59. The molecule has 116 valence electrons. The van der Waals surface area contributed by atoms with Gasteiger partial charge in [0.05, 0.1) is 6.26 Å². The molecular formula is C13H26N2O3SSi. The molecule has 1 heterocycles. The Hall–Kier alpha value is -0.633. The van der Waals surface area contributed by atoms with Crippen molar-refractivity contribution in [3.63, 3.8) is 0 Å². The van der Waals surface area contributed by atoms with Crippen LogP contribution in [0.2, 0.25) is 18.1 Å². The van der Waals surface area contributed by atoms with E-state index in [1.54, 1.807) is 13.8 Å². The molecule has 1 aromatic heterocycles. The number of nitrogens with two attached hydrogens (primary N) is 1. The van der Waals surface area contributed by atoms with Gasteiger partial charge in [-0.05, 0) is 18.9 Å². The molecule has 5 nitrogen and oxygen atoms in total. The fourth-order valence-corrected chi connectivity index (χ4v) is 6.11. The quantitative estimate of drug-likeness (QED) is 0.836. The first-order chi connectivity index (χ1) is 8.67. The van der Waals surface area contributed by atoms with E-state index in [1.807, 2.05) is 33.9 Å². The van der Waals surface area contributed by atoms with Gasteiger partial charge in [-0.2, -0.15) is 0 Å². The van der Waals surface area contributed by atoms with Crippen LogP contribution in [0, 0.1) is 0 Å². The van der Waals surface area contributed by atoms with Crippen LogP contribution in [0.15, 0.2) is 21.8 Å². The van der Waals surface area contributed by atoms with E-state index in [9.17, 15) is 8.42 Å². The van der Waals surface area contributed by atoms with Gasteiger partial charge in [0.1, 0.15) is 8.24 Å². The van der Waals surface area contributed by atoms with E-state index < -0.39 is 23.8 Å². The number of nitrogens with one attached hydrogen (secondary N) is 1. The summed E-state index contributed by atoms with van der Waals surface area (Å²) in [5, 5.41) is -0.168. The van der Waals surface area contributed by atoms with Crippen LogP contribution in [-0.4, -0.2) is 16.7 Å². The van der Waals surface area contributed by atoms with Crippen LogP contribution < -0.4 is 10.1 Å². The zero-order valence-electron chi connectivity index (χ0n) is 13.4. The zero-order valence-corrected chi connectivity index (χ0v) is 15.2. The molecule has 0 aliphatic heterocycles. The van der Waals surface area contributed by atoms with Gasteiger partial charge in [0.2, 0.25) is 5.09 Å². The Morgan fingerprint density at radius 1 is 1.20 bits per heavy atom.